The average molecular weight is 250 g/mol. The zero-order valence-corrected chi connectivity index (χ0v) is 10.6. The van der Waals surface area contributed by atoms with Gasteiger partial charge in [-0.25, -0.2) is 4.39 Å². The Morgan fingerprint density at radius 1 is 1.56 bits per heavy atom. The third-order valence-corrected chi connectivity index (χ3v) is 3.49. The van der Waals surface area contributed by atoms with E-state index < -0.39 is 0 Å². The summed E-state index contributed by atoms with van der Waals surface area (Å²) in [6.45, 7) is 4.04. The minimum Gasteiger partial charge on any atom is -0.352 e. The van der Waals surface area contributed by atoms with Crippen molar-refractivity contribution >= 4 is 5.91 Å². The first-order chi connectivity index (χ1) is 8.60. The first-order valence-electron chi connectivity index (χ1n) is 6.34. The molecule has 0 saturated carbocycles. The van der Waals surface area contributed by atoms with E-state index in [9.17, 15) is 9.18 Å². The van der Waals surface area contributed by atoms with Gasteiger partial charge in [-0.15, -0.1) is 0 Å². The standard InChI is InChI=1S/C14H19FN2O/c1-14(6-3-7-16-10-14)13(18)17-9-11-4-2-5-12(15)8-11/h2,4-5,8,16H,3,6-7,9-10H2,1H3,(H,17,18). The number of hydrogen-bond donors (Lipinski definition) is 2. The predicted octanol–water partition coefficient (Wildman–Crippen LogP) is 1.83. The van der Waals surface area contributed by atoms with Gasteiger partial charge >= 0.3 is 0 Å². The summed E-state index contributed by atoms with van der Waals surface area (Å²) in [5, 5.41) is 6.13. The van der Waals surface area contributed by atoms with Crippen LogP contribution in [0.1, 0.15) is 25.3 Å². The highest BCUT2D eigenvalue weighted by Gasteiger charge is 2.34. The fraction of sp³-hybridized carbons (Fsp3) is 0.500. The van der Waals surface area contributed by atoms with Crippen molar-refractivity contribution in [3.63, 3.8) is 0 Å². The number of amides is 1. The summed E-state index contributed by atoms with van der Waals surface area (Å²) in [5.74, 6) is -0.230. The third-order valence-electron chi connectivity index (χ3n) is 3.49. The van der Waals surface area contributed by atoms with Crippen LogP contribution in [0.5, 0.6) is 0 Å². The summed E-state index contributed by atoms with van der Waals surface area (Å²) < 4.78 is 13.0. The first-order valence-corrected chi connectivity index (χ1v) is 6.34. The molecule has 4 heteroatoms. The lowest BCUT2D eigenvalue weighted by molar-refractivity contribution is -0.131. The van der Waals surface area contributed by atoms with Crippen LogP contribution in [-0.2, 0) is 11.3 Å². The maximum atomic E-state index is 13.0. The van der Waals surface area contributed by atoms with Gasteiger partial charge in [-0.2, -0.15) is 0 Å². The number of halogens is 1. The lowest BCUT2D eigenvalue weighted by atomic mass is 9.82. The van der Waals surface area contributed by atoms with E-state index in [2.05, 4.69) is 10.6 Å². The first kappa shape index (κ1) is 13.0. The molecule has 98 valence electrons. The molecule has 0 aromatic heterocycles. The Labute approximate surface area is 107 Å². The lowest BCUT2D eigenvalue weighted by Crippen LogP contribution is -2.48. The van der Waals surface area contributed by atoms with Gasteiger partial charge in [-0.3, -0.25) is 4.79 Å². The van der Waals surface area contributed by atoms with Crippen molar-refractivity contribution in [3.05, 3.63) is 35.6 Å². The number of nitrogens with one attached hydrogen (secondary N) is 2. The van der Waals surface area contributed by atoms with Gasteiger partial charge in [0.2, 0.25) is 5.91 Å². The number of piperidine rings is 1. The van der Waals surface area contributed by atoms with Crippen LogP contribution >= 0.6 is 0 Å². The van der Waals surface area contributed by atoms with E-state index in [0.29, 0.717) is 13.1 Å². The van der Waals surface area contributed by atoms with Crippen molar-refractivity contribution in [1.29, 1.82) is 0 Å². The largest absolute Gasteiger partial charge is 0.352 e. The Balaban J connectivity index is 1.91. The van der Waals surface area contributed by atoms with Crippen molar-refractivity contribution in [3.8, 4) is 0 Å². The fourth-order valence-electron chi connectivity index (χ4n) is 2.29. The van der Waals surface area contributed by atoms with Gasteiger partial charge in [0, 0.05) is 13.1 Å². The van der Waals surface area contributed by atoms with Crippen LogP contribution in [0.4, 0.5) is 4.39 Å². The Bertz CT molecular complexity index is 428. The van der Waals surface area contributed by atoms with E-state index in [1.54, 1.807) is 6.07 Å². The second kappa shape index (κ2) is 5.48. The lowest BCUT2D eigenvalue weighted by Gasteiger charge is -2.32. The molecule has 1 atom stereocenters. The Morgan fingerprint density at radius 2 is 2.39 bits per heavy atom. The third kappa shape index (κ3) is 3.07. The number of benzene rings is 1. The zero-order chi connectivity index (χ0) is 13.0. The SMILES string of the molecule is CC1(C(=O)NCc2cccc(F)c2)CCCNC1. The highest BCUT2D eigenvalue weighted by Crippen LogP contribution is 2.25. The average Bonchev–Trinajstić information content (AvgIpc) is 2.37. The molecule has 1 aromatic carbocycles. The Morgan fingerprint density at radius 3 is 3.06 bits per heavy atom. The normalized spacial score (nSPS) is 23.7. The fourth-order valence-corrected chi connectivity index (χ4v) is 2.29. The second-order valence-electron chi connectivity index (χ2n) is 5.15. The van der Waals surface area contributed by atoms with Crippen LogP contribution in [0.2, 0.25) is 0 Å². The molecule has 0 spiro atoms. The minimum absolute atomic E-state index is 0.0407. The molecule has 1 amide bonds. The van der Waals surface area contributed by atoms with Gasteiger partial charge in [0.1, 0.15) is 5.82 Å². The summed E-state index contributed by atoms with van der Waals surface area (Å²) in [6.07, 6.45) is 1.92. The number of carbonyl (C=O) groups excluding carboxylic acids is 1. The monoisotopic (exact) mass is 250 g/mol. The number of hydrogen-bond acceptors (Lipinski definition) is 2. The van der Waals surface area contributed by atoms with Crippen molar-refractivity contribution in [1.82, 2.24) is 10.6 Å². The molecule has 0 radical (unpaired) electrons. The molecule has 1 heterocycles. The maximum Gasteiger partial charge on any atom is 0.227 e. The highest BCUT2D eigenvalue weighted by atomic mass is 19.1. The molecular weight excluding hydrogens is 231 g/mol. The van der Waals surface area contributed by atoms with Gasteiger partial charge in [0.05, 0.1) is 5.41 Å². The second-order valence-corrected chi connectivity index (χ2v) is 5.15. The molecule has 0 bridgehead atoms. The van der Waals surface area contributed by atoms with E-state index >= 15 is 0 Å². The minimum atomic E-state index is -0.342. The smallest absolute Gasteiger partial charge is 0.227 e. The maximum absolute atomic E-state index is 13.0. The molecule has 1 fully saturated rings. The summed E-state index contributed by atoms with van der Waals surface area (Å²) in [5.41, 5.74) is 0.446. The van der Waals surface area contributed by atoms with E-state index in [1.165, 1.54) is 12.1 Å². The van der Waals surface area contributed by atoms with Gasteiger partial charge in [0.15, 0.2) is 0 Å². The molecule has 3 nitrogen and oxygen atoms in total. The zero-order valence-electron chi connectivity index (χ0n) is 10.6. The van der Waals surface area contributed by atoms with Crippen LogP contribution in [-0.4, -0.2) is 19.0 Å². The summed E-state index contributed by atoms with van der Waals surface area (Å²) in [6, 6.07) is 6.31. The van der Waals surface area contributed by atoms with Crippen molar-refractivity contribution in [2.75, 3.05) is 13.1 Å². The van der Waals surface area contributed by atoms with Crippen molar-refractivity contribution < 1.29 is 9.18 Å². The van der Waals surface area contributed by atoms with E-state index in [0.717, 1.165) is 24.9 Å². The van der Waals surface area contributed by atoms with Gasteiger partial charge in [-0.05, 0) is 44.0 Å². The molecule has 2 rings (SSSR count). The molecule has 2 N–H and O–H groups in total. The van der Waals surface area contributed by atoms with Gasteiger partial charge in [0.25, 0.3) is 0 Å². The van der Waals surface area contributed by atoms with Crippen LogP contribution in [0, 0.1) is 11.2 Å². The van der Waals surface area contributed by atoms with Crippen molar-refractivity contribution in [2.45, 2.75) is 26.3 Å². The molecule has 1 aliphatic heterocycles. The topological polar surface area (TPSA) is 41.1 Å². The van der Waals surface area contributed by atoms with Crippen LogP contribution in [0.25, 0.3) is 0 Å². The molecule has 18 heavy (non-hydrogen) atoms. The summed E-state index contributed by atoms with van der Waals surface area (Å²) in [4.78, 5) is 12.1. The van der Waals surface area contributed by atoms with Gasteiger partial charge < -0.3 is 10.6 Å². The number of rotatable bonds is 3. The summed E-state index contributed by atoms with van der Waals surface area (Å²) in [7, 11) is 0. The predicted molar refractivity (Wildman–Crippen MR) is 68.5 cm³/mol. The van der Waals surface area contributed by atoms with Crippen LogP contribution in [0.3, 0.4) is 0 Å². The molecule has 1 unspecified atom stereocenters. The van der Waals surface area contributed by atoms with E-state index in [-0.39, 0.29) is 17.1 Å². The molecular formula is C14H19FN2O. The molecule has 1 aliphatic rings. The van der Waals surface area contributed by atoms with E-state index in [4.69, 9.17) is 0 Å². The molecule has 1 saturated heterocycles. The Hall–Kier alpha value is -1.42. The van der Waals surface area contributed by atoms with Crippen molar-refractivity contribution in [2.24, 2.45) is 5.41 Å². The highest BCUT2D eigenvalue weighted by molar-refractivity contribution is 5.82. The molecule has 1 aromatic rings. The van der Waals surface area contributed by atoms with E-state index in [1.807, 2.05) is 13.0 Å². The summed E-state index contributed by atoms with van der Waals surface area (Å²) >= 11 is 0. The quantitative estimate of drug-likeness (QED) is 0.859. The van der Waals surface area contributed by atoms with Gasteiger partial charge in [-0.1, -0.05) is 12.1 Å². The number of carbonyl (C=O) groups is 1. The molecule has 0 aliphatic carbocycles. The Kier molecular flexibility index (Phi) is 3.97. The van der Waals surface area contributed by atoms with Crippen LogP contribution < -0.4 is 10.6 Å². The van der Waals surface area contributed by atoms with Crippen LogP contribution in [0.15, 0.2) is 24.3 Å².